The van der Waals surface area contributed by atoms with Crippen LogP contribution in [0.25, 0.3) is 27.0 Å². The summed E-state index contributed by atoms with van der Waals surface area (Å²) in [6.07, 6.45) is -4.88. The number of carbonyl (C=O) groups excluding carboxylic acids is 1. The molecule has 0 spiro atoms. The molecule has 40 heavy (non-hydrogen) atoms. The molecule has 2 aromatic heterocycles. The van der Waals surface area contributed by atoms with Crippen LogP contribution in [0.3, 0.4) is 0 Å². The summed E-state index contributed by atoms with van der Waals surface area (Å²) in [6.45, 7) is 4.10. The number of sulfonamides is 1. The van der Waals surface area contributed by atoms with Gasteiger partial charge < -0.3 is 4.74 Å². The number of alkyl halides is 3. The van der Waals surface area contributed by atoms with Crippen LogP contribution in [0, 0.1) is 6.92 Å². The number of aryl methyl sites for hydroxylation is 1. The Hall–Kier alpha value is -3.98. The molecule has 10 nitrogen and oxygen atoms in total. The first-order valence-electron chi connectivity index (χ1n) is 11.7. The van der Waals surface area contributed by atoms with Crippen LogP contribution in [0.1, 0.15) is 25.1 Å². The molecule has 0 bridgehead atoms. The summed E-state index contributed by atoms with van der Waals surface area (Å²) in [7, 11) is -2.88. The lowest BCUT2D eigenvalue weighted by Gasteiger charge is -2.14. The summed E-state index contributed by atoms with van der Waals surface area (Å²) in [6, 6.07) is 9.80. The van der Waals surface area contributed by atoms with Gasteiger partial charge in [0, 0.05) is 24.1 Å². The minimum absolute atomic E-state index is 0.0568. The lowest BCUT2D eigenvalue weighted by molar-refractivity contribution is -0.144. The maximum absolute atomic E-state index is 13.3. The number of fused-ring (bicyclic) bond motifs is 1. The highest BCUT2D eigenvalue weighted by Crippen LogP contribution is 2.35. The zero-order valence-corrected chi connectivity index (χ0v) is 23.2. The quantitative estimate of drug-likeness (QED) is 0.346. The van der Waals surface area contributed by atoms with E-state index in [4.69, 9.17) is 4.74 Å². The van der Waals surface area contributed by atoms with Gasteiger partial charge in [-0.15, -0.1) is 0 Å². The zero-order valence-electron chi connectivity index (χ0n) is 21.6. The molecule has 1 N–H and O–H groups in total. The van der Waals surface area contributed by atoms with Gasteiger partial charge >= 0.3 is 11.9 Å². The van der Waals surface area contributed by atoms with Gasteiger partial charge in [-0.3, -0.25) is 14.2 Å². The van der Waals surface area contributed by atoms with Gasteiger partial charge in [-0.05, 0) is 68.2 Å². The third kappa shape index (κ3) is 5.65. The lowest BCUT2D eigenvalue weighted by atomic mass is 10.0. The minimum Gasteiger partial charge on any atom is -0.484 e. The molecular weight excluding hydrogens is 573 g/mol. The van der Waals surface area contributed by atoms with Crippen molar-refractivity contribution in [3.8, 4) is 22.7 Å². The molecule has 0 fully saturated rings. The van der Waals surface area contributed by atoms with E-state index >= 15 is 0 Å². The van der Waals surface area contributed by atoms with Crippen LogP contribution in [0.5, 0.6) is 5.75 Å². The Morgan fingerprint density at radius 2 is 1.82 bits per heavy atom. The van der Waals surface area contributed by atoms with E-state index in [9.17, 15) is 36.0 Å². The fourth-order valence-electron chi connectivity index (χ4n) is 3.80. The molecule has 0 saturated heterocycles. The fraction of sp³-hybridized carbons (Fsp3) is 0.280. The van der Waals surface area contributed by atoms with Crippen LogP contribution in [-0.2, 0) is 28.0 Å². The first-order chi connectivity index (χ1) is 18.6. The molecule has 2 heterocycles. The topological polar surface area (TPSA) is 129 Å². The second kappa shape index (κ2) is 10.5. The predicted octanol–water partition coefficient (Wildman–Crippen LogP) is 3.37. The molecule has 15 heteroatoms. The zero-order chi connectivity index (χ0) is 29.6. The molecule has 4 aromatic rings. The third-order valence-electron chi connectivity index (χ3n) is 6.03. The first-order valence-corrected chi connectivity index (χ1v) is 14.0. The van der Waals surface area contributed by atoms with Crippen LogP contribution in [-0.4, -0.2) is 39.7 Å². The van der Waals surface area contributed by atoms with E-state index in [0.29, 0.717) is 36.5 Å². The largest absolute Gasteiger partial charge is 0.484 e. The first kappa shape index (κ1) is 29.0. The molecule has 4 rings (SSSR count). The average Bonchev–Trinajstić information content (AvgIpc) is 3.28. The van der Waals surface area contributed by atoms with Crippen molar-refractivity contribution in [3.05, 3.63) is 74.6 Å². The summed E-state index contributed by atoms with van der Waals surface area (Å²) < 4.78 is 77.1. The van der Waals surface area contributed by atoms with Gasteiger partial charge in [0.2, 0.25) is 10.0 Å². The maximum atomic E-state index is 13.3. The SMILES string of the molecule is Cc1ccc(OCC(=O)NS(=O)(=O)C(C)C)cc1-c1nsc2ccc(-n3c(=O)cc(C(F)(F)F)n(C)c3=O)cc12. The van der Waals surface area contributed by atoms with Crippen LogP contribution < -0.4 is 20.7 Å². The Balaban J connectivity index is 1.71. The van der Waals surface area contributed by atoms with Crippen molar-refractivity contribution in [2.75, 3.05) is 6.61 Å². The predicted molar refractivity (Wildman–Crippen MR) is 143 cm³/mol. The van der Waals surface area contributed by atoms with Crippen LogP contribution in [0.4, 0.5) is 13.2 Å². The number of rotatable bonds is 7. The number of hydrogen-bond acceptors (Lipinski definition) is 8. The second-order valence-electron chi connectivity index (χ2n) is 9.14. The lowest BCUT2D eigenvalue weighted by Crippen LogP contribution is -2.40. The smallest absolute Gasteiger partial charge is 0.431 e. The summed E-state index contributed by atoms with van der Waals surface area (Å²) in [5.41, 5.74) is -1.80. The van der Waals surface area contributed by atoms with Crippen molar-refractivity contribution in [2.24, 2.45) is 7.05 Å². The number of nitrogens with one attached hydrogen (secondary N) is 1. The summed E-state index contributed by atoms with van der Waals surface area (Å²) in [5.74, 6) is -0.592. The number of ether oxygens (including phenoxy) is 1. The number of aromatic nitrogens is 3. The molecule has 0 radical (unpaired) electrons. The molecule has 2 aromatic carbocycles. The second-order valence-corrected chi connectivity index (χ2v) is 12.2. The van der Waals surface area contributed by atoms with E-state index < -0.39 is 50.9 Å². The van der Waals surface area contributed by atoms with Gasteiger partial charge in [0.25, 0.3) is 11.5 Å². The summed E-state index contributed by atoms with van der Waals surface area (Å²) >= 11 is 1.13. The highest BCUT2D eigenvalue weighted by Gasteiger charge is 2.35. The molecule has 0 unspecified atom stereocenters. The van der Waals surface area contributed by atoms with Crippen molar-refractivity contribution in [1.29, 1.82) is 0 Å². The molecule has 1 amide bonds. The van der Waals surface area contributed by atoms with Gasteiger partial charge in [0.05, 0.1) is 21.3 Å². The van der Waals surface area contributed by atoms with Crippen molar-refractivity contribution in [1.82, 2.24) is 18.2 Å². The number of amides is 1. The molecule has 0 aliphatic carbocycles. The molecule has 0 aliphatic rings. The Morgan fingerprint density at radius 1 is 1.12 bits per heavy atom. The van der Waals surface area contributed by atoms with Crippen LogP contribution >= 0.6 is 11.5 Å². The van der Waals surface area contributed by atoms with E-state index in [-0.39, 0.29) is 11.4 Å². The van der Waals surface area contributed by atoms with Crippen molar-refractivity contribution < 1.29 is 31.1 Å². The van der Waals surface area contributed by atoms with Gasteiger partial charge in [-0.2, -0.15) is 17.5 Å². The van der Waals surface area contributed by atoms with Crippen LogP contribution in [0.15, 0.2) is 52.1 Å². The van der Waals surface area contributed by atoms with Crippen LogP contribution in [0.2, 0.25) is 0 Å². The molecule has 0 atom stereocenters. The number of carbonyl (C=O) groups is 1. The maximum Gasteiger partial charge on any atom is 0.431 e. The van der Waals surface area contributed by atoms with E-state index in [1.807, 2.05) is 4.72 Å². The van der Waals surface area contributed by atoms with E-state index in [0.717, 1.165) is 24.1 Å². The number of benzene rings is 2. The highest BCUT2D eigenvalue weighted by atomic mass is 32.2. The highest BCUT2D eigenvalue weighted by molar-refractivity contribution is 7.90. The number of hydrogen-bond donors (Lipinski definition) is 1. The minimum atomic E-state index is -4.88. The number of halogens is 3. The van der Waals surface area contributed by atoms with Gasteiger partial charge in [-0.1, -0.05) is 6.07 Å². The van der Waals surface area contributed by atoms with E-state index in [2.05, 4.69) is 4.37 Å². The molecule has 212 valence electrons. The van der Waals surface area contributed by atoms with E-state index in [1.165, 1.54) is 26.0 Å². The molecule has 0 saturated carbocycles. The van der Waals surface area contributed by atoms with Crippen molar-refractivity contribution >= 4 is 37.5 Å². The van der Waals surface area contributed by atoms with Gasteiger partial charge in [0.15, 0.2) is 6.61 Å². The summed E-state index contributed by atoms with van der Waals surface area (Å²) in [5, 5.41) is -0.277. The Kier molecular flexibility index (Phi) is 7.64. The molecule has 0 aliphatic heterocycles. The fourth-order valence-corrected chi connectivity index (χ4v) is 5.18. The van der Waals surface area contributed by atoms with Gasteiger partial charge in [0.1, 0.15) is 11.4 Å². The van der Waals surface area contributed by atoms with E-state index in [1.54, 1.807) is 31.2 Å². The van der Waals surface area contributed by atoms with Crippen molar-refractivity contribution in [2.45, 2.75) is 32.2 Å². The third-order valence-corrected chi connectivity index (χ3v) is 8.61. The normalized spacial score (nSPS) is 12.2. The Morgan fingerprint density at radius 3 is 2.48 bits per heavy atom. The monoisotopic (exact) mass is 596 g/mol. The standard InChI is InChI=1S/C25H23F3N4O6S2/c1-13(2)40(36,37)30-21(33)12-38-16-7-5-14(3)17(10-16)23-18-9-15(6-8-19(18)39-29-23)32-22(34)11-20(25(26,27)28)31(4)24(32)35/h5-11,13H,12H2,1-4H3,(H,30,33). The Labute approximate surface area is 229 Å². The Bertz CT molecular complexity index is 1860. The molecular formula is C25H23F3N4O6S2. The average molecular weight is 597 g/mol. The number of nitrogens with zero attached hydrogens (tertiary/aromatic N) is 3. The summed E-state index contributed by atoms with van der Waals surface area (Å²) in [4.78, 5) is 37.4. The van der Waals surface area contributed by atoms with Crippen molar-refractivity contribution in [3.63, 3.8) is 0 Å². The van der Waals surface area contributed by atoms with Gasteiger partial charge in [-0.25, -0.2) is 22.5 Å².